The minimum Gasteiger partial charge on any atom is -0.411 e. The fourth-order valence-electron chi connectivity index (χ4n) is 2.17. The average molecular weight is 304 g/mol. The summed E-state index contributed by atoms with van der Waals surface area (Å²) in [7, 11) is 0. The van der Waals surface area contributed by atoms with Gasteiger partial charge in [0, 0.05) is 6.42 Å². The van der Waals surface area contributed by atoms with Crippen molar-refractivity contribution in [2.45, 2.75) is 25.8 Å². The summed E-state index contributed by atoms with van der Waals surface area (Å²) < 4.78 is 0. The van der Waals surface area contributed by atoms with Gasteiger partial charge in [0.25, 0.3) is 5.91 Å². The second-order valence-electron chi connectivity index (χ2n) is 4.91. The molecule has 116 valence electrons. The van der Waals surface area contributed by atoms with Gasteiger partial charge in [0.05, 0.1) is 11.4 Å². The Morgan fingerprint density at radius 1 is 1.36 bits per heavy atom. The quantitative estimate of drug-likeness (QED) is 0.318. The van der Waals surface area contributed by atoms with Crippen LogP contribution in [-0.4, -0.2) is 34.8 Å². The number of hydrogen-bond donors (Lipinski definition) is 3. The number of benzene rings is 1. The normalized spacial score (nSPS) is 18.5. The van der Waals surface area contributed by atoms with Crippen molar-refractivity contribution in [3.63, 3.8) is 0 Å². The first-order valence-electron chi connectivity index (χ1n) is 6.66. The number of imide groups is 1. The molecule has 0 saturated carbocycles. The number of urea groups is 1. The monoisotopic (exact) mass is 304 g/mol. The Morgan fingerprint density at radius 3 is 2.55 bits per heavy atom. The third kappa shape index (κ3) is 3.05. The molecule has 1 aromatic rings. The van der Waals surface area contributed by atoms with Crippen LogP contribution in [0.3, 0.4) is 0 Å². The van der Waals surface area contributed by atoms with Crippen LogP contribution in [0, 0.1) is 0 Å². The van der Waals surface area contributed by atoms with E-state index < -0.39 is 23.9 Å². The summed E-state index contributed by atoms with van der Waals surface area (Å²) in [5, 5.41) is 14.3. The first kappa shape index (κ1) is 15.5. The van der Waals surface area contributed by atoms with Crippen LogP contribution in [0.4, 0.5) is 10.5 Å². The Balaban J connectivity index is 2.16. The molecule has 0 aromatic heterocycles. The highest BCUT2D eigenvalue weighted by Gasteiger charge is 2.38. The lowest BCUT2D eigenvalue weighted by Crippen LogP contribution is -2.31. The van der Waals surface area contributed by atoms with Crippen molar-refractivity contribution in [2.75, 3.05) is 4.90 Å². The molecule has 8 heteroatoms. The first-order valence-corrected chi connectivity index (χ1v) is 6.66. The third-order valence-electron chi connectivity index (χ3n) is 3.39. The van der Waals surface area contributed by atoms with Gasteiger partial charge in [0.15, 0.2) is 0 Å². The van der Waals surface area contributed by atoms with E-state index in [9.17, 15) is 14.4 Å². The zero-order chi connectivity index (χ0) is 16.3. The van der Waals surface area contributed by atoms with Crippen molar-refractivity contribution in [1.29, 1.82) is 0 Å². The molecule has 2 rings (SSSR count). The second kappa shape index (κ2) is 6.25. The molecule has 1 saturated heterocycles. The third-order valence-corrected chi connectivity index (χ3v) is 3.39. The predicted octanol–water partition coefficient (Wildman–Crippen LogP) is 0.575. The van der Waals surface area contributed by atoms with Gasteiger partial charge in [-0.25, -0.2) is 9.69 Å². The van der Waals surface area contributed by atoms with Gasteiger partial charge in [-0.15, -0.1) is 0 Å². The molecular formula is C14H16N4O4. The number of oxime groups is 1. The minimum absolute atomic E-state index is 0.0234. The van der Waals surface area contributed by atoms with Crippen molar-refractivity contribution >= 4 is 29.2 Å². The topological polar surface area (TPSA) is 125 Å². The van der Waals surface area contributed by atoms with Crippen molar-refractivity contribution in [3.8, 4) is 0 Å². The zero-order valence-electron chi connectivity index (χ0n) is 11.9. The highest BCUT2D eigenvalue weighted by Crippen LogP contribution is 2.22. The largest absolute Gasteiger partial charge is 0.411 e. The van der Waals surface area contributed by atoms with Crippen molar-refractivity contribution < 1.29 is 19.6 Å². The van der Waals surface area contributed by atoms with Gasteiger partial charge in [0.1, 0.15) is 6.04 Å². The second-order valence-corrected chi connectivity index (χ2v) is 4.91. The van der Waals surface area contributed by atoms with Crippen LogP contribution in [0.1, 0.15) is 25.3 Å². The molecule has 1 atom stereocenters. The number of carbonyl (C=O) groups excluding carboxylic acids is 3. The predicted molar refractivity (Wildman–Crippen MR) is 78.7 cm³/mol. The van der Waals surface area contributed by atoms with Crippen LogP contribution in [0.2, 0.25) is 0 Å². The molecule has 0 aliphatic carbocycles. The number of amides is 4. The van der Waals surface area contributed by atoms with E-state index in [0.717, 1.165) is 4.90 Å². The fraction of sp³-hybridized carbons (Fsp3) is 0.286. The summed E-state index contributed by atoms with van der Waals surface area (Å²) in [6.07, 6.45) is 0.195. The minimum atomic E-state index is -0.750. The van der Waals surface area contributed by atoms with Gasteiger partial charge >= 0.3 is 6.03 Å². The van der Waals surface area contributed by atoms with Gasteiger partial charge < -0.3 is 16.3 Å². The van der Waals surface area contributed by atoms with Crippen molar-refractivity contribution in [3.05, 3.63) is 29.8 Å². The molecule has 4 amide bonds. The Bertz CT molecular complexity index is 639. The van der Waals surface area contributed by atoms with Gasteiger partial charge in [-0.2, -0.15) is 0 Å². The zero-order valence-corrected chi connectivity index (χ0v) is 11.9. The number of nitrogens with one attached hydrogen (secondary N) is 1. The van der Waals surface area contributed by atoms with E-state index in [1.807, 2.05) is 0 Å². The first-order chi connectivity index (χ1) is 10.4. The number of hydrogen-bond acceptors (Lipinski definition) is 5. The van der Waals surface area contributed by atoms with E-state index in [2.05, 4.69) is 10.5 Å². The smallest absolute Gasteiger partial charge is 0.329 e. The molecule has 1 unspecified atom stereocenters. The van der Waals surface area contributed by atoms with Crippen LogP contribution in [-0.2, 0) is 9.59 Å². The highest BCUT2D eigenvalue weighted by atomic mass is 16.4. The van der Waals surface area contributed by atoms with E-state index in [4.69, 9.17) is 10.9 Å². The summed E-state index contributed by atoms with van der Waals surface area (Å²) >= 11 is 0. The highest BCUT2D eigenvalue weighted by molar-refractivity contribution is 6.21. The van der Waals surface area contributed by atoms with Crippen LogP contribution in [0.5, 0.6) is 0 Å². The molecule has 8 nitrogen and oxygen atoms in total. The van der Waals surface area contributed by atoms with Crippen LogP contribution in [0.15, 0.2) is 29.4 Å². The van der Waals surface area contributed by atoms with Crippen LogP contribution < -0.4 is 16.0 Å². The summed E-state index contributed by atoms with van der Waals surface area (Å²) in [5.74, 6) is -0.949. The van der Waals surface area contributed by atoms with E-state index in [-0.39, 0.29) is 12.8 Å². The van der Waals surface area contributed by atoms with Gasteiger partial charge in [0.2, 0.25) is 5.91 Å². The summed E-state index contributed by atoms with van der Waals surface area (Å²) in [4.78, 5) is 36.0. The molecule has 22 heavy (non-hydrogen) atoms. The number of nitrogens with zero attached hydrogens (tertiary/aromatic N) is 2. The standard InChI is InChI=1S/C14H16N4O4/c1-8(17-22)9-2-4-10(5-3-9)18-13(20)11(16-14(18)21)6-7-12(15)19/h2-5,11,22H,6-7H2,1H3,(H2,15,19)(H,16,21)/b17-8+. The number of rotatable bonds is 5. The lowest BCUT2D eigenvalue weighted by Gasteiger charge is -2.13. The maximum Gasteiger partial charge on any atom is 0.329 e. The Hall–Kier alpha value is -2.90. The van der Waals surface area contributed by atoms with E-state index >= 15 is 0 Å². The maximum atomic E-state index is 12.2. The maximum absolute atomic E-state index is 12.2. The SMILES string of the molecule is C/C(=N\O)c1ccc(N2C(=O)NC(CCC(N)=O)C2=O)cc1. The number of carbonyl (C=O) groups is 3. The van der Waals surface area contributed by atoms with Crippen molar-refractivity contribution in [1.82, 2.24) is 5.32 Å². The van der Waals surface area contributed by atoms with Gasteiger partial charge in [-0.3, -0.25) is 9.59 Å². The number of nitrogens with two attached hydrogens (primary N) is 1. The molecule has 1 heterocycles. The molecule has 1 aromatic carbocycles. The summed E-state index contributed by atoms with van der Waals surface area (Å²) in [6, 6.07) is 5.15. The Labute approximate surface area is 126 Å². The van der Waals surface area contributed by atoms with E-state index in [1.165, 1.54) is 0 Å². The van der Waals surface area contributed by atoms with Gasteiger partial charge in [-0.05, 0) is 31.0 Å². The van der Waals surface area contributed by atoms with Crippen LogP contribution in [0.25, 0.3) is 0 Å². The molecule has 0 bridgehead atoms. The molecular weight excluding hydrogens is 288 g/mol. The molecule has 0 spiro atoms. The summed E-state index contributed by atoms with van der Waals surface area (Å²) in [5.41, 5.74) is 6.54. The average Bonchev–Trinajstić information content (AvgIpc) is 2.79. The van der Waals surface area contributed by atoms with Crippen LogP contribution >= 0.6 is 0 Å². The molecule has 4 N–H and O–H groups in total. The lowest BCUT2D eigenvalue weighted by molar-refractivity contribution is -0.119. The molecule has 0 radical (unpaired) electrons. The molecule has 1 fully saturated rings. The fourth-order valence-corrected chi connectivity index (χ4v) is 2.17. The summed E-state index contributed by atoms with van der Waals surface area (Å²) in [6.45, 7) is 1.63. The molecule has 1 aliphatic rings. The van der Waals surface area contributed by atoms with Gasteiger partial charge in [-0.1, -0.05) is 17.3 Å². The number of anilines is 1. The van der Waals surface area contributed by atoms with Crippen molar-refractivity contribution in [2.24, 2.45) is 10.9 Å². The Morgan fingerprint density at radius 2 is 2.00 bits per heavy atom. The van der Waals surface area contributed by atoms with E-state index in [1.54, 1.807) is 31.2 Å². The molecule has 1 aliphatic heterocycles. The van der Waals surface area contributed by atoms with E-state index in [0.29, 0.717) is 17.0 Å². The lowest BCUT2D eigenvalue weighted by atomic mass is 10.1. The Kier molecular flexibility index (Phi) is 4.40. The number of primary amides is 1.